The smallest absolute Gasteiger partial charge is 0.302 e. The lowest BCUT2D eigenvalue weighted by Gasteiger charge is -2.61. The van der Waals surface area contributed by atoms with Gasteiger partial charge in [-0.15, -0.1) is 0 Å². The summed E-state index contributed by atoms with van der Waals surface area (Å²) in [6.45, 7) is 8.33. The third kappa shape index (κ3) is 2.67. The van der Waals surface area contributed by atoms with Crippen LogP contribution in [0.1, 0.15) is 85.5 Å². The van der Waals surface area contributed by atoms with E-state index in [1.807, 2.05) is 6.92 Å². The maximum absolute atomic E-state index is 12.2. The molecule has 0 radical (unpaired) electrons. The molecule has 0 heterocycles. The highest BCUT2D eigenvalue weighted by atomic mass is 16.5. The molecule has 0 aliphatic heterocycles. The van der Waals surface area contributed by atoms with Gasteiger partial charge in [0.15, 0.2) is 0 Å². The minimum Gasteiger partial charge on any atom is -0.463 e. The Balaban J connectivity index is 1.54. The summed E-state index contributed by atoms with van der Waals surface area (Å²) in [4.78, 5) is 23.6. The summed E-state index contributed by atoms with van der Waals surface area (Å²) in [5, 5.41) is 0. The average molecular weight is 361 g/mol. The molecule has 0 N–H and O–H groups in total. The summed E-state index contributed by atoms with van der Waals surface area (Å²) in [5.41, 5.74) is 0.667. The predicted molar refractivity (Wildman–Crippen MR) is 101 cm³/mol. The highest BCUT2D eigenvalue weighted by Crippen LogP contribution is 2.67. The molecule has 0 saturated heterocycles. The fourth-order valence-electron chi connectivity index (χ4n) is 8.23. The summed E-state index contributed by atoms with van der Waals surface area (Å²) < 4.78 is 5.57. The SMILES string of the molecule is CC(=O)O[C@@H]1CC[C@@]2(C)C(CC[C@H]3[C@@H]4CC[C@H](C(C)=O)[C@@]4(C)CC[C@@H]32)C1. The van der Waals surface area contributed by atoms with E-state index in [1.54, 1.807) is 0 Å². The van der Waals surface area contributed by atoms with E-state index >= 15 is 0 Å². The quantitative estimate of drug-likeness (QED) is 0.638. The van der Waals surface area contributed by atoms with E-state index in [1.165, 1.54) is 45.4 Å². The zero-order valence-corrected chi connectivity index (χ0v) is 17.1. The summed E-state index contributed by atoms with van der Waals surface area (Å²) in [6, 6.07) is 0. The van der Waals surface area contributed by atoms with Crippen molar-refractivity contribution in [3.8, 4) is 0 Å². The van der Waals surface area contributed by atoms with Gasteiger partial charge in [0.1, 0.15) is 11.9 Å². The summed E-state index contributed by atoms with van der Waals surface area (Å²) in [6.07, 6.45) is 11.0. The molecule has 146 valence electrons. The Morgan fingerprint density at radius 2 is 1.54 bits per heavy atom. The van der Waals surface area contributed by atoms with Gasteiger partial charge in [-0.3, -0.25) is 9.59 Å². The molecule has 4 fully saturated rings. The van der Waals surface area contributed by atoms with Crippen molar-refractivity contribution in [1.82, 2.24) is 0 Å². The van der Waals surface area contributed by atoms with Crippen LogP contribution in [0.4, 0.5) is 0 Å². The van der Waals surface area contributed by atoms with E-state index in [0.717, 1.165) is 37.0 Å². The first kappa shape index (κ1) is 18.5. The molecule has 0 amide bonds. The third-order valence-electron chi connectivity index (χ3n) is 9.44. The van der Waals surface area contributed by atoms with Crippen molar-refractivity contribution in [3.05, 3.63) is 0 Å². The number of ketones is 1. The van der Waals surface area contributed by atoms with E-state index in [9.17, 15) is 9.59 Å². The second kappa shape index (κ2) is 6.34. The molecule has 0 aromatic rings. The number of esters is 1. The van der Waals surface area contributed by atoms with Gasteiger partial charge in [0.05, 0.1) is 0 Å². The van der Waals surface area contributed by atoms with Gasteiger partial charge in [-0.1, -0.05) is 13.8 Å². The zero-order chi connectivity index (χ0) is 18.7. The van der Waals surface area contributed by atoms with Crippen LogP contribution in [0.25, 0.3) is 0 Å². The second-order valence-electron chi connectivity index (χ2n) is 10.4. The first-order valence-corrected chi connectivity index (χ1v) is 10.9. The molecule has 0 bridgehead atoms. The van der Waals surface area contributed by atoms with Crippen molar-refractivity contribution in [2.24, 2.45) is 40.4 Å². The van der Waals surface area contributed by atoms with Gasteiger partial charge in [0.2, 0.25) is 0 Å². The van der Waals surface area contributed by atoms with E-state index < -0.39 is 0 Å². The van der Waals surface area contributed by atoms with E-state index in [2.05, 4.69) is 13.8 Å². The van der Waals surface area contributed by atoms with Crippen LogP contribution >= 0.6 is 0 Å². The third-order valence-corrected chi connectivity index (χ3v) is 9.44. The van der Waals surface area contributed by atoms with Crippen molar-refractivity contribution in [2.75, 3.05) is 0 Å². The summed E-state index contributed by atoms with van der Waals surface area (Å²) in [5.74, 6) is 3.68. The molecule has 4 saturated carbocycles. The number of carbonyl (C=O) groups excluding carboxylic acids is 2. The van der Waals surface area contributed by atoms with Crippen LogP contribution in [0.5, 0.6) is 0 Å². The Bertz CT molecular complexity index is 598. The topological polar surface area (TPSA) is 43.4 Å². The predicted octanol–water partition coefficient (Wildman–Crippen LogP) is 5.17. The van der Waals surface area contributed by atoms with Crippen LogP contribution in [0.15, 0.2) is 0 Å². The Kier molecular flexibility index (Phi) is 4.51. The van der Waals surface area contributed by atoms with Crippen LogP contribution in [-0.2, 0) is 14.3 Å². The molecule has 0 aromatic heterocycles. The lowest BCUT2D eigenvalue weighted by molar-refractivity contribution is -0.161. The molecule has 8 atom stereocenters. The highest BCUT2D eigenvalue weighted by molar-refractivity contribution is 5.79. The monoisotopic (exact) mass is 360 g/mol. The molecule has 3 nitrogen and oxygen atoms in total. The Labute approximate surface area is 158 Å². The number of Topliss-reactive ketones (excluding diaryl/α,β-unsaturated/α-hetero) is 1. The van der Waals surface area contributed by atoms with Crippen LogP contribution in [-0.4, -0.2) is 17.9 Å². The van der Waals surface area contributed by atoms with Gasteiger partial charge in [-0.25, -0.2) is 0 Å². The molecule has 4 rings (SSSR count). The van der Waals surface area contributed by atoms with Crippen LogP contribution in [0.2, 0.25) is 0 Å². The van der Waals surface area contributed by atoms with Crippen molar-refractivity contribution in [2.45, 2.75) is 91.6 Å². The lowest BCUT2D eigenvalue weighted by atomic mass is 9.44. The maximum Gasteiger partial charge on any atom is 0.302 e. The minimum atomic E-state index is -0.123. The molecule has 0 spiro atoms. The van der Waals surface area contributed by atoms with Gasteiger partial charge in [0.25, 0.3) is 0 Å². The van der Waals surface area contributed by atoms with E-state index in [-0.39, 0.29) is 17.5 Å². The van der Waals surface area contributed by atoms with Crippen molar-refractivity contribution >= 4 is 11.8 Å². The normalized spacial score (nSPS) is 50.3. The number of rotatable bonds is 2. The van der Waals surface area contributed by atoms with Crippen LogP contribution in [0.3, 0.4) is 0 Å². The molecule has 3 heteroatoms. The standard InChI is InChI=1S/C23H36O3/c1-14(24)19-7-8-20-18-6-5-16-13-17(26-15(2)25)9-11-22(16,3)21(18)10-12-23(19,20)4/h16-21H,5-13H2,1-4H3/t16?,17-,18+,19-,20+,21+,22+,23-/m1/s1. The second-order valence-corrected chi connectivity index (χ2v) is 10.4. The van der Waals surface area contributed by atoms with Crippen molar-refractivity contribution in [3.63, 3.8) is 0 Å². The zero-order valence-electron chi connectivity index (χ0n) is 17.1. The largest absolute Gasteiger partial charge is 0.463 e. The van der Waals surface area contributed by atoms with Gasteiger partial charge in [-0.2, -0.15) is 0 Å². The van der Waals surface area contributed by atoms with Gasteiger partial charge in [-0.05, 0) is 99.2 Å². The van der Waals surface area contributed by atoms with Gasteiger partial charge in [0, 0.05) is 12.8 Å². The Morgan fingerprint density at radius 1 is 0.846 bits per heavy atom. The molecule has 26 heavy (non-hydrogen) atoms. The number of fused-ring (bicyclic) bond motifs is 5. The van der Waals surface area contributed by atoms with Crippen LogP contribution in [0, 0.1) is 40.4 Å². The first-order valence-electron chi connectivity index (χ1n) is 10.9. The number of carbonyl (C=O) groups is 2. The Morgan fingerprint density at radius 3 is 2.23 bits per heavy atom. The fraction of sp³-hybridized carbons (Fsp3) is 0.913. The maximum atomic E-state index is 12.2. The average Bonchev–Trinajstić information content (AvgIpc) is 2.92. The first-order chi connectivity index (χ1) is 12.3. The summed E-state index contributed by atoms with van der Waals surface area (Å²) >= 11 is 0. The van der Waals surface area contributed by atoms with Crippen molar-refractivity contribution in [1.29, 1.82) is 0 Å². The molecule has 4 aliphatic rings. The molecule has 4 aliphatic carbocycles. The number of hydrogen-bond donors (Lipinski definition) is 0. The molecular weight excluding hydrogens is 324 g/mol. The minimum absolute atomic E-state index is 0.123. The van der Waals surface area contributed by atoms with Crippen LogP contribution < -0.4 is 0 Å². The molecule has 0 aromatic carbocycles. The van der Waals surface area contributed by atoms with Crippen molar-refractivity contribution < 1.29 is 14.3 Å². The number of hydrogen-bond acceptors (Lipinski definition) is 3. The lowest BCUT2D eigenvalue weighted by Crippen LogP contribution is -2.54. The van der Waals surface area contributed by atoms with E-state index in [0.29, 0.717) is 23.0 Å². The Hall–Kier alpha value is -0.860. The highest BCUT2D eigenvalue weighted by Gasteiger charge is 2.60. The van der Waals surface area contributed by atoms with E-state index in [4.69, 9.17) is 4.74 Å². The molecular formula is C23H36O3. The molecule has 1 unspecified atom stereocenters. The fourth-order valence-corrected chi connectivity index (χ4v) is 8.23. The summed E-state index contributed by atoms with van der Waals surface area (Å²) in [7, 11) is 0. The van der Waals surface area contributed by atoms with Gasteiger partial charge < -0.3 is 4.74 Å². The van der Waals surface area contributed by atoms with Gasteiger partial charge >= 0.3 is 5.97 Å². The number of ether oxygens (including phenoxy) is 1.